The summed E-state index contributed by atoms with van der Waals surface area (Å²) in [5.74, 6) is 0.882. The van der Waals surface area contributed by atoms with Crippen molar-refractivity contribution in [2.75, 3.05) is 13.6 Å². The molecule has 1 aromatic heterocycles. The summed E-state index contributed by atoms with van der Waals surface area (Å²) >= 11 is 0. The van der Waals surface area contributed by atoms with Crippen molar-refractivity contribution in [2.45, 2.75) is 32.7 Å². The smallest absolute Gasteiger partial charge is 0.222 e. The van der Waals surface area contributed by atoms with E-state index in [4.69, 9.17) is 10.3 Å². The van der Waals surface area contributed by atoms with Gasteiger partial charge in [-0.2, -0.15) is 0 Å². The minimum atomic E-state index is 0.120. The van der Waals surface area contributed by atoms with E-state index in [-0.39, 0.29) is 5.91 Å². The average Bonchev–Trinajstić information content (AvgIpc) is 2.64. The lowest BCUT2D eigenvalue weighted by Gasteiger charge is -2.15. The Morgan fingerprint density at radius 1 is 1.56 bits per heavy atom. The van der Waals surface area contributed by atoms with Crippen LogP contribution in [0.2, 0.25) is 0 Å². The number of carbonyl (C=O) groups excluding carboxylic acids is 1. The van der Waals surface area contributed by atoms with Crippen molar-refractivity contribution in [1.82, 2.24) is 10.1 Å². The van der Waals surface area contributed by atoms with Gasteiger partial charge in [0.25, 0.3) is 0 Å². The Labute approximate surface area is 95.6 Å². The number of rotatable bonds is 6. The number of unbranched alkanes of at least 4 members (excludes halogenated alkanes) is 1. The molecule has 0 bridgehead atoms. The summed E-state index contributed by atoms with van der Waals surface area (Å²) in [4.78, 5) is 13.3. The first-order valence-electron chi connectivity index (χ1n) is 5.49. The van der Waals surface area contributed by atoms with Gasteiger partial charge in [0.1, 0.15) is 11.5 Å². The highest BCUT2D eigenvalue weighted by atomic mass is 16.5. The normalized spacial score (nSPS) is 10.4. The standard InChI is InChI=1S/C11H19N3O2/c1-9-7-10(13-16-9)8-14(2)11(15)5-3-4-6-12/h7H,3-6,8,12H2,1-2H3. The van der Waals surface area contributed by atoms with E-state index in [1.165, 1.54) is 0 Å². The fourth-order valence-electron chi connectivity index (χ4n) is 1.44. The highest BCUT2D eigenvalue weighted by Crippen LogP contribution is 2.06. The molecule has 16 heavy (non-hydrogen) atoms. The number of nitrogens with zero attached hydrogens (tertiary/aromatic N) is 2. The van der Waals surface area contributed by atoms with Gasteiger partial charge >= 0.3 is 0 Å². The van der Waals surface area contributed by atoms with Crippen LogP contribution in [0.1, 0.15) is 30.7 Å². The molecule has 90 valence electrons. The minimum Gasteiger partial charge on any atom is -0.361 e. The minimum absolute atomic E-state index is 0.120. The van der Waals surface area contributed by atoms with Gasteiger partial charge in [-0.15, -0.1) is 0 Å². The van der Waals surface area contributed by atoms with Crippen LogP contribution in [0.5, 0.6) is 0 Å². The second-order valence-electron chi connectivity index (χ2n) is 3.92. The third-order valence-electron chi connectivity index (χ3n) is 2.35. The van der Waals surface area contributed by atoms with E-state index in [0.29, 0.717) is 19.5 Å². The highest BCUT2D eigenvalue weighted by Gasteiger charge is 2.10. The van der Waals surface area contributed by atoms with Crippen LogP contribution in [0.15, 0.2) is 10.6 Å². The van der Waals surface area contributed by atoms with Crippen molar-refractivity contribution in [2.24, 2.45) is 5.73 Å². The van der Waals surface area contributed by atoms with Crippen LogP contribution in [-0.4, -0.2) is 29.6 Å². The number of amides is 1. The molecular formula is C11H19N3O2. The Kier molecular flexibility index (Phi) is 4.98. The quantitative estimate of drug-likeness (QED) is 0.735. The van der Waals surface area contributed by atoms with Gasteiger partial charge < -0.3 is 15.2 Å². The van der Waals surface area contributed by atoms with E-state index >= 15 is 0 Å². The summed E-state index contributed by atoms with van der Waals surface area (Å²) in [7, 11) is 1.77. The number of nitrogens with two attached hydrogens (primary N) is 1. The third-order valence-corrected chi connectivity index (χ3v) is 2.35. The predicted octanol–water partition coefficient (Wildman–Crippen LogP) is 1.07. The molecule has 0 unspecified atom stereocenters. The lowest BCUT2D eigenvalue weighted by Crippen LogP contribution is -2.26. The Hall–Kier alpha value is -1.36. The summed E-state index contributed by atoms with van der Waals surface area (Å²) in [6.45, 7) is 2.97. The second-order valence-corrected chi connectivity index (χ2v) is 3.92. The van der Waals surface area contributed by atoms with Crippen LogP contribution in [0.4, 0.5) is 0 Å². The maximum absolute atomic E-state index is 11.7. The Morgan fingerprint density at radius 3 is 2.88 bits per heavy atom. The first-order chi connectivity index (χ1) is 7.63. The van der Waals surface area contributed by atoms with Gasteiger partial charge in [-0.1, -0.05) is 5.16 Å². The van der Waals surface area contributed by atoms with Crippen LogP contribution < -0.4 is 5.73 Å². The summed E-state index contributed by atoms with van der Waals surface area (Å²) in [6, 6.07) is 1.84. The van der Waals surface area contributed by atoms with Gasteiger partial charge in [0, 0.05) is 19.5 Å². The summed E-state index contributed by atoms with van der Waals surface area (Å²) < 4.78 is 4.94. The van der Waals surface area contributed by atoms with Gasteiger partial charge in [0.2, 0.25) is 5.91 Å². The van der Waals surface area contributed by atoms with E-state index in [1.54, 1.807) is 11.9 Å². The van der Waals surface area contributed by atoms with Crippen LogP contribution in [0.25, 0.3) is 0 Å². The fraction of sp³-hybridized carbons (Fsp3) is 0.636. The molecule has 0 aliphatic heterocycles. The molecule has 1 rings (SSSR count). The maximum Gasteiger partial charge on any atom is 0.222 e. The molecule has 0 radical (unpaired) electrons. The van der Waals surface area contributed by atoms with Crippen molar-refractivity contribution in [1.29, 1.82) is 0 Å². The van der Waals surface area contributed by atoms with Crippen molar-refractivity contribution in [3.8, 4) is 0 Å². The fourth-order valence-corrected chi connectivity index (χ4v) is 1.44. The zero-order chi connectivity index (χ0) is 12.0. The van der Waals surface area contributed by atoms with E-state index in [0.717, 1.165) is 24.3 Å². The molecular weight excluding hydrogens is 206 g/mol. The topological polar surface area (TPSA) is 72.4 Å². The molecule has 0 saturated heterocycles. The second kappa shape index (κ2) is 6.27. The monoisotopic (exact) mass is 225 g/mol. The molecule has 5 heteroatoms. The first kappa shape index (κ1) is 12.7. The predicted molar refractivity (Wildman–Crippen MR) is 60.6 cm³/mol. The Balaban J connectivity index is 2.34. The van der Waals surface area contributed by atoms with E-state index in [9.17, 15) is 4.79 Å². The lowest BCUT2D eigenvalue weighted by molar-refractivity contribution is -0.130. The van der Waals surface area contributed by atoms with E-state index in [1.807, 2.05) is 13.0 Å². The van der Waals surface area contributed by atoms with Crippen molar-refractivity contribution in [3.05, 3.63) is 17.5 Å². The highest BCUT2D eigenvalue weighted by molar-refractivity contribution is 5.75. The summed E-state index contributed by atoms with van der Waals surface area (Å²) in [5, 5.41) is 3.85. The SMILES string of the molecule is Cc1cc(CN(C)C(=O)CCCCN)no1. The summed E-state index contributed by atoms with van der Waals surface area (Å²) in [5.41, 5.74) is 6.15. The number of aromatic nitrogens is 1. The number of hydrogen-bond acceptors (Lipinski definition) is 4. The molecule has 0 saturated carbocycles. The van der Waals surface area contributed by atoms with E-state index < -0.39 is 0 Å². The van der Waals surface area contributed by atoms with Crippen LogP contribution >= 0.6 is 0 Å². The lowest BCUT2D eigenvalue weighted by atomic mass is 10.2. The van der Waals surface area contributed by atoms with Crippen molar-refractivity contribution >= 4 is 5.91 Å². The zero-order valence-electron chi connectivity index (χ0n) is 9.90. The van der Waals surface area contributed by atoms with Gasteiger partial charge in [0.05, 0.1) is 6.54 Å². The molecule has 0 aromatic carbocycles. The molecule has 5 nitrogen and oxygen atoms in total. The average molecular weight is 225 g/mol. The molecule has 0 spiro atoms. The molecule has 0 aliphatic rings. The number of aryl methyl sites for hydroxylation is 1. The molecule has 0 atom stereocenters. The third kappa shape index (κ3) is 4.02. The van der Waals surface area contributed by atoms with E-state index in [2.05, 4.69) is 5.16 Å². The van der Waals surface area contributed by atoms with Gasteiger partial charge in [-0.3, -0.25) is 4.79 Å². The first-order valence-corrected chi connectivity index (χ1v) is 5.49. The van der Waals surface area contributed by atoms with Crippen LogP contribution in [-0.2, 0) is 11.3 Å². The Morgan fingerprint density at radius 2 is 2.31 bits per heavy atom. The molecule has 2 N–H and O–H groups in total. The maximum atomic E-state index is 11.7. The zero-order valence-corrected chi connectivity index (χ0v) is 9.90. The van der Waals surface area contributed by atoms with Crippen LogP contribution in [0.3, 0.4) is 0 Å². The van der Waals surface area contributed by atoms with Gasteiger partial charge in [-0.05, 0) is 26.3 Å². The van der Waals surface area contributed by atoms with Crippen molar-refractivity contribution < 1.29 is 9.32 Å². The molecule has 1 heterocycles. The molecule has 1 aromatic rings. The molecule has 0 aliphatic carbocycles. The largest absolute Gasteiger partial charge is 0.361 e. The molecule has 1 amide bonds. The number of hydrogen-bond donors (Lipinski definition) is 1. The summed E-state index contributed by atoms with van der Waals surface area (Å²) in [6.07, 6.45) is 2.28. The van der Waals surface area contributed by atoms with Crippen LogP contribution in [0, 0.1) is 6.92 Å². The number of carbonyl (C=O) groups is 1. The van der Waals surface area contributed by atoms with Gasteiger partial charge in [-0.25, -0.2) is 0 Å². The Bertz CT molecular complexity index is 336. The van der Waals surface area contributed by atoms with Crippen molar-refractivity contribution in [3.63, 3.8) is 0 Å². The molecule has 0 fully saturated rings. The van der Waals surface area contributed by atoms with Gasteiger partial charge in [0.15, 0.2) is 0 Å².